The third-order valence-electron chi connectivity index (χ3n) is 2.98. The SMILES string of the molecule is CCCC(C)(N)C(=O)N[C@@H](C)c1cccc(Br)c1. The molecule has 0 aromatic heterocycles. The van der Waals surface area contributed by atoms with E-state index in [9.17, 15) is 4.79 Å². The molecule has 0 aliphatic heterocycles. The molecular formula is C14H21BrN2O. The Hall–Kier alpha value is -0.870. The van der Waals surface area contributed by atoms with Crippen LogP contribution in [-0.4, -0.2) is 11.4 Å². The van der Waals surface area contributed by atoms with Gasteiger partial charge in [-0.15, -0.1) is 0 Å². The van der Waals surface area contributed by atoms with Crippen LogP contribution in [0.1, 0.15) is 45.2 Å². The van der Waals surface area contributed by atoms with E-state index >= 15 is 0 Å². The molecule has 1 aromatic carbocycles. The van der Waals surface area contributed by atoms with E-state index in [0.29, 0.717) is 6.42 Å². The summed E-state index contributed by atoms with van der Waals surface area (Å²) < 4.78 is 1.00. The maximum Gasteiger partial charge on any atom is 0.240 e. The topological polar surface area (TPSA) is 55.1 Å². The maximum atomic E-state index is 12.1. The number of nitrogens with one attached hydrogen (secondary N) is 1. The fourth-order valence-electron chi connectivity index (χ4n) is 1.85. The van der Waals surface area contributed by atoms with Crippen molar-refractivity contribution in [3.63, 3.8) is 0 Å². The normalized spacial score (nSPS) is 15.8. The smallest absolute Gasteiger partial charge is 0.240 e. The number of hydrogen-bond acceptors (Lipinski definition) is 2. The fourth-order valence-corrected chi connectivity index (χ4v) is 2.27. The molecule has 1 rings (SSSR count). The Morgan fingerprint density at radius 3 is 2.78 bits per heavy atom. The summed E-state index contributed by atoms with van der Waals surface area (Å²) >= 11 is 3.42. The summed E-state index contributed by atoms with van der Waals surface area (Å²) in [6.45, 7) is 5.76. The van der Waals surface area contributed by atoms with Gasteiger partial charge in [-0.1, -0.05) is 41.4 Å². The first-order valence-corrected chi connectivity index (χ1v) is 7.01. The van der Waals surface area contributed by atoms with Gasteiger partial charge in [0.05, 0.1) is 11.6 Å². The largest absolute Gasteiger partial charge is 0.348 e. The summed E-state index contributed by atoms with van der Waals surface area (Å²) in [5, 5.41) is 2.96. The van der Waals surface area contributed by atoms with Crippen molar-refractivity contribution in [1.82, 2.24) is 5.32 Å². The zero-order valence-electron chi connectivity index (χ0n) is 11.2. The summed E-state index contributed by atoms with van der Waals surface area (Å²) in [4.78, 5) is 12.1. The van der Waals surface area contributed by atoms with Crippen LogP contribution in [-0.2, 0) is 4.79 Å². The second kappa shape index (κ2) is 6.34. The van der Waals surface area contributed by atoms with Crippen LogP contribution in [0.2, 0.25) is 0 Å². The average Bonchev–Trinajstić information content (AvgIpc) is 2.28. The average molecular weight is 313 g/mol. The van der Waals surface area contributed by atoms with E-state index < -0.39 is 5.54 Å². The first-order chi connectivity index (χ1) is 8.36. The lowest BCUT2D eigenvalue weighted by atomic mass is 9.95. The first kappa shape index (κ1) is 15.2. The van der Waals surface area contributed by atoms with E-state index in [0.717, 1.165) is 16.5 Å². The van der Waals surface area contributed by atoms with E-state index in [4.69, 9.17) is 5.73 Å². The van der Waals surface area contributed by atoms with Gasteiger partial charge in [-0.05, 0) is 38.0 Å². The number of carbonyl (C=O) groups excluding carboxylic acids is 1. The van der Waals surface area contributed by atoms with E-state index in [1.807, 2.05) is 38.1 Å². The highest BCUT2D eigenvalue weighted by atomic mass is 79.9. The lowest BCUT2D eigenvalue weighted by molar-refractivity contribution is -0.126. The van der Waals surface area contributed by atoms with Crippen molar-refractivity contribution in [3.8, 4) is 0 Å². The first-order valence-electron chi connectivity index (χ1n) is 6.22. The molecule has 3 nitrogen and oxygen atoms in total. The second-order valence-electron chi connectivity index (χ2n) is 4.92. The molecule has 18 heavy (non-hydrogen) atoms. The Balaban J connectivity index is 2.70. The Labute approximate surface area is 117 Å². The highest BCUT2D eigenvalue weighted by Gasteiger charge is 2.28. The molecule has 0 aliphatic carbocycles. The zero-order valence-corrected chi connectivity index (χ0v) is 12.8. The van der Waals surface area contributed by atoms with Crippen LogP contribution in [0.15, 0.2) is 28.7 Å². The highest BCUT2D eigenvalue weighted by Crippen LogP contribution is 2.19. The van der Waals surface area contributed by atoms with Crippen LogP contribution in [0, 0.1) is 0 Å². The molecule has 1 amide bonds. The van der Waals surface area contributed by atoms with Crippen molar-refractivity contribution in [2.45, 2.75) is 45.2 Å². The molecule has 0 heterocycles. The lowest BCUT2D eigenvalue weighted by Crippen LogP contribution is -2.52. The molecule has 0 radical (unpaired) electrons. The molecule has 0 aliphatic rings. The summed E-state index contributed by atoms with van der Waals surface area (Å²) in [6.07, 6.45) is 1.58. The minimum atomic E-state index is -0.797. The van der Waals surface area contributed by atoms with Gasteiger partial charge in [0.15, 0.2) is 0 Å². The summed E-state index contributed by atoms with van der Waals surface area (Å²) in [5.41, 5.74) is 6.27. The molecule has 2 atom stereocenters. The maximum absolute atomic E-state index is 12.1. The van der Waals surface area contributed by atoms with Crippen molar-refractivity contribution in [1.29, 1.82) is 0 Å². The molecule has 0 bridgehead atoms. The van der Waals surface area contributed by atoms with Gasteiger partial charge in [0.25, 0.3) is 0 Å². The van der Waals surface area contributed by atoms with Crippen LogP contribution >= 0.6 is 15.9 Å². The molecule has 0 fully saturated rings. The molecule has 1 unspecified atom stereocenters. The molecule has 0 saturated heterocycles. The fraction of sp³-hybridized carbons (Fsp3) is 0.500. The van der Waals surface area contributed by atoms with Gasteiger partial charge in [-0.2, -0.15) is 0 Å². The second-order valence-corrected chi connectivity index (χ2v) is 5.83. The van der Waals surface area contributed by atoms with Crippen LogP contribution < -0.4 is 11.1 Å². The van der Waals surface area contributed by atoms with Crippen LogP contribution in [0.4, 0.5) is 0 Å². The van der Waals surface area contributed by atoms with Crippen molar-refractivity contribution in [2.24, 2.45) is 5.73 Å². The van der Waals surface area contributed by atoms with E-state index in [-0.39, 0.29) is 11.9 Å². The van der Waals surface area contributed by atoms with Crippen molar-refractivity contribution >= 4 is 21.8 Å². The van der Waals surface area contributed by atoms with Crippen LogP contribution in [0.3, 0.4) is 0 Å². The van der Waals surface area contributed by atoms with Crippen molar-refractivity contribution < 1.29 is 4.79 Å². The van der Waals surface area contributed by atoms with Gasteiger partial charge in [0.1, 0.15) is 0 Å². The number of carbonyl (C=O) groups is 1. The van der Waals surface area contributed by atoms with Crippen molar-refractivity contribution in [3.05, 3.63) is 34.3 Å². The summed E-state index contributed by atoms with van der Waals surface area (Å²) in [6, 6.07) is 7.86. The Morgan fingerprint density at radius 2 is 2.22 bits per heavy atom. The molecule has 1 aromatic rings. The summed E-state index contributed by atoms with van der Waals surface area (Å²) in [7, 11) is 0. The van der Waals surface area contributed by atoms with Crippen LogP contribution in [0.5, 0.6) is 0 Å². The quantitative estimate of drug-likeness (QED) is 0.877. The Morgan fingerprint density at radius 1 is 1.56 bits per heavy atom. The molecule has 3 N–H and O–H groups in total. The summed E-state index contributed by atoms with van der Waals surface area (Å²) in [5.74, 6) is -0.100. The number of amides is 1. The molecule has 0 saturated carbocycles. The van der Waals surface area contributed by atoms with Gasteiger partial charge >= 0.3 is 0 Å². The third-order valence-corrected chi connectivity index (χ3v) is 3.48. The number of halogens is 1. The number of hydrogen-bond donors (Lipinski definition) is 2. The van der Waals surface area contributed by atoms with Gasteiger partial charge in [0, 0.05) is 4.47 Å². The minimum Gasteiger partial charge on any atom is -0.348 e. The van der Waals surface area contributed by atoms with Gasteiger partial charge in [-0.25, -0.2) is 0 Å². The Bertz CT molecular complexity index is 418. The zero-order chi connectivity index (χ0) is 13.8. The monoisotopic (exact) mass is 312 g/mol. The van der Waals surface area contributed by atoms with Gasteiger partial charge < -0.3 is 11.1 Å². The predicted octanol–water partition coefficient (Wildman–Crippen LogP) is 3.14. The van der Waals surface area contributed by atoms with E-state index in [1.165, 1.54) is 0 Å². The van der Waals surface area contributed by atoms with Gasteiger partial charge in [-0.3, -0.25) is 4.79 Å². The number of rotatable bonds is 5. The highest BCUT2D eigenvalue weighted by molar-refractivity contribution is 9.10. The van der Waals surface area contributed by atoms with Crippen LogP contribution in [0.25, 0.3) is 0 Å². The Kier molecular flexibility index (Phi) is 5.35. The van der Waals surface area contributed by atoms with Gasteiger partial charge in [0.2, 0.25) is 5.91 Å². The molecular weight excluding hydrogens is 292 g/mol. The number of benzene rings is 1. The molecule has 0 spiro atoms. The number of nitrogens with two attached hydrogens (primary N) is 1. The molecule has 100 valence electrons. The van der Waals surface area contributed by atoms with Crippen molar-refractivity contribution in [2.75, 3.05) is 0 Å². The van der Waals surface area contributed by atoms with E-state index in [1.54, 1.807) is 6.92 Å². The predicted molar refractivity (Wildman–Crippen MR) is 78.2 cm³/mol. The molecule has 4 heteroatoms. The lowest BCUT2D eigenvalue weighted by Gasteiger charge is -2.25. The third kappa shape index (κ3) is 4.10. The standard InChI is InChI=1S/C14H21BrN2O/c1-4-8-14(3,16)13(18)17-10(2)11-6-5-7-12(15)9-11/h5-7,9-10H,4,8,16H2,1-3H3,(H,17,18)/t10-,14?/m0/s1. The van der Waals surface area contributed by atoms with E-state index in [2.05, 4.69) is 21.2 Å². The minimum absolute atomic E-state index is 0.0465.